The summed E-state index contributed by atoms with van der Waals surface area (Å²) in [5.41, 5.74) is 47.6. The zero-order valence-electron chi connectivity index (χ0n) is 87.1. The second-order valence-electron chi connectivity index (χ2n) is 30.0. The molecule has 0 saturated carbocycles. The van der Waals surface area contributed by atoms with E-state index in [0.717, 1.165) is 72.0 Å². The van der Waals surface area contributed by atoms with E-state index in [1.54, 1.807) is 0 Å². The molecule has 6 heterocycles. The van der Waals surface area contributed by atoms with Crippen LogP contribution in [0.25, 0.3) is 182 Å². The fourth-order valence-corrected chi connectivity index (χ4v) is 20.0. The summed E-state index contributed by atoms with van der Waals surface area (Å²) in [5.74, 6) is 0. The third-order valence-electron chi connectivity index (χ3n) is 24.5. The molecule has 135 heavy (non-hydrogen) atoms. The molecule has 0 saturated heterocycles. The smallest absolute Gasteiger partial charge is 0.146 e. The van der Waals surface area contributed by atoms with E-state index < -0.39 is 0 Å². The first-order chi connectivity index (χ1) is 67.0. The summed E-state index contributed by atoms with van der Waals surface area (Å²) in [6, 6.07) is 107. The van der Waals surface area contributed by atoms with Crippen LogP contribution in [0, 0.1) is 0 Å². The van der Waals surface area contributed by atoms with Gasteiger partial charge in [0.15, 0.2) is 0 Å². The van der Waals surface area contributed by atoms with E-state index in [-0.39, 0.29) is 0 Å². The molecule has 6 aromatic heterocycles. The van der Waals surface area contributed by atoms with Crippen molar-refractivity contribution in [2.45, 2.75) is 246 Å². The molecule has 6 nitrogen and oxygen atoms in total. The maximum absolute atomic E-state index is 5.21. The quantitative estimate of drug-likeness (QED) is 0.142. The highest BCUT2D eigenvalue weighted by atomic mass is 15.0. The first-order valence-electron chi connectivity index (χ1n) is 52.0. The lowest BCUT2D eigenvalue weighted by Gasteiger charge is -2.11. The lowest BCUT2D eigenvalue weighted by molar-refractivity contribution is 1.21. The molecule has 0 unspecified atom stereocenters. The van der Waals surface area contributed by atoms with Gasteiger partial charge in [0.05, 0.1) is 49.7 Å². The average Bonchev–Trinajstić information content (AvgIpc) is 1.56. The number of hydrogen-bond acceptors (Lipinski definition) is 3. The van der Waals surface area contributed by atoms with Gasteiger partial charge in [-0.1, -0.05) is 426 Å². The Morgan fingerprint density at radius 1 is 0.148 bits per heavy atom. The topological polar surface area (TPSA) is 51.9 Å². The van der Waals surface area contributed by atoms with E-state index in [1.807, 2.05) is 208 Å². The van der Waals surface area contributed by atoms with E-state index in [4.69, 9.17) is 15.0 Å². The summed E-state index contributed by atoms with van der Waals surface area (Å²) >= 11 is 0. The molecule has 0 fully saturated rings. The van der Waals surface area contributed by atoms with Gasteiger partial charge in [-0.2, -0.15) is 0 Å². The van der Waals surface area contributed by atoms with Crippen molar-refractivity contribution in [2.24, 2.45) is 0 Å². The number of rotatable bonds is 0. The molecule has 6 heteroatoms. The van der Waals surface area contributed by atoms with Crippen molar-refractivity contribution < 1.29 is 0 Å². The van der Waals surface area contributed by atoms with E-state index in [0.29, 0.717) is 0 Å². The van der Waals surface area contributed by atoms with Crippen LogP contribution in [0.3, 0.4) is 0 Å². The molecule has 0 bridgehead atoms. The van der Waals surface area contributed by atoms with Crippen molar-refractivity contribution in [1.82, 2.24) is 28.2 Å². The van der Waals surface area contributed by atoms with Gasteiger partial charge in [-0.05, 0) is 261 Å². The van der Waals surface area contributed by atoms with E-state index in [9.17, 15) is 0 Å². The minimum atomic E-state index is 0.978. The molecule has 21 aromatic rings. The van der Waals surface area contributed by atoms with Crippen LogP contribution < -0.4 is 0 Å². The summed E-state index contributed by atoms with van der Waals surface area (Å²) < 4.78 is 7.12. The summed E-state index contributed by atoms with van der Waals surface area (Å²) in [6.07, 6.45) is 6.05. The zero-order valence-corrected chi connectivity index (χ0v) is 87.1. The van der Waals surface area contributed by atoms with E-state index in [1.165, 1.54) is 215 Å². The maximum Gasteiger partial charge on any atom is 0.146 e. The molecular formula is C129H150N6. The Morgan fingerprint density at radius 2 is 0.363 bits per heavy atom. The molecule has 0 radical (unpaired) electrons. The third-order valence-corrected chi connectivity index (χ3v) is 24.5. The molecule has 6 aliphatic carbocycles. The van der Waals surface area contributed by atoms with Gasteiger partial charge in [-0.3, -0.25) is 13.2 Å². The van der Waals surface area contributed by atoms with Gasteiger partial charge in [0.25, 0.3) is 0 Å². The molecular weight excluding hydrogens is 1630 g/mol. The van der Waals surface area contributed by atoms with Crippen LogP contribution in [-0.2, 0) is 38.5 Å². The van der Waals surface area contributed by atoms with Crippen LogP contribution in [0.5, 0.6) is 0 Å². The normalized spacial score (nSPS) is 11.2. The van der Waals surface area contributed by atoms with Gasteiger partial charge in [-0.25, -0.2) is 15.0 Å². The Kier molecular flexibility index (Phi) is 37.7. The second kappa shape index (κ2) is 49.1. The first-order valence-corrected chi connectivity index (χ1v) is 52.0. The Morgan fingerprint density at radius 3 is 0.719 bits per heavy atom. The Bertz CT molecular complexity index is 7610. The molecule has 0 atom stereocenters. The molecule has 0 aliphatic heterocycles. The number of fused-ring (bicyclic) bond motifs is 43. The number of pyridine rings is 3. The van der Waals surface area contributed by atoms with Crippen molar-refractivity contribution in [1.29, 1.82) is 0 Å². The van der Waals surface area contributed by atoms with Gasteiger partial charge >= 0.3 is 0 Å². The predicted molar refractivity (Wildman–Crippen MR) is 603 cm³/mol. The van der Waals surface area contributed by atoms with Crippen LogP contribution in [0.15, 0.2) is 291 Å². The van der Waals surface area contributed by atoms with Gasteiger partial charge < -0.3 is 0 Å². The number of nitrogens with zero attached hydrogens (tertiary/aromatic N) is 6. The average molecular weight is 1780 g/mol. The van der Waals surface area contributed by atoms with Crippen molar-refractivity contribution >= 4 is 115 Å². The van der Waals surface area contributed by atoms with Gasteiger partial charge in [0.1, 0.15) is 16.9 Å². The Hall–Kier alpha value is -13.3. The first kappa shape index (κ1) is 104. The van der Waals surface area contributed by atoms with Crippen molar-refractivity contribution in [3.63, 3.8) is 0 Å². The van der Waals surface area contributed by atoms with Crippen molar-refractivity contribution in [3.8, 4) is 66.8 Å². The SMILES string of the molecule is CC.CC.CC.CC.CC.CC.CC.CC.CC.CC.CC.CC.CC.CC.CC.c1ccc2c(c1)Cc1cc3c(cc1-2)-c1cc2c(cc1C3)nc1c3ccccc3c3ccccc3n21.c1ccc2c(c1)Cc1cc3c(cc1-2)Cc1cc2nc4c5ccccc5c5ccccc5n4c2cc1-3.c1ccc2c(c1)Cc1ccc3c(c1-2)-c1cc2c(cc1C3)nc1c3ccccc3c3ccccc3n21. The monoisotopic (exact) mass is 1780 g/mol. The van der Waals surface area contributed by atoms with Crippen LogP contribution >= 0.6 is 0 Å². The minimum Gasteiger partial charge on any atom is -0.292 e. The largest absolute Gasteiger partial charge is 0.292 e. The molecule has 0 N–H and O–H groups in total. The van der Waals surface area contributed by atoms with Crippen LogP contribution in [0.1, 0.15) is 274 Å². The van der Waals surface area contributed by atoms with Gasteiger partial charge in [0, 0.05) is 32.3 Å². The fourth-order valence-electron chi connectivity index (χ4n) is 20.0. The minimum absolute atomic E-state index is 0.978. The Balaban J connectivity index is 0.000000184. The zero-order chi connectivity index (χ0) is 98.0. The lowest BCUT2D eigenvalue weighted by Crippen LogP contribution is -1.91. The summed E-state index contributed by atoms with van der Waals surface area (Å²) in [6.45, 7) is 60.0. The number of imidazole rings is 3. The van der Waals surface area contributed by atoms with Crippen molar-refractivity contribution in [2.75, 3.05) is 0 Å². The highest BCUT2D eigenvalue weighted by molar-refractivity contribution is 6.17. The van der Waals surface area contributed by atoms with E-state index >= 15 is 0 Å². The predicted octanol–water partition coefficient (Wildman–Crippen LogP) is 39.2. The highest BCUT2D eigenvalue weighted by Crippen LogP contribution is 2.53. The second-order valence-corrected chi connectivity index (χ2v) is 30.0. The Labute approximate surface area is 808 Å². The highest BCUT2D eigenvalue weighted by Gasteiger charge is 2.33. The number of benzene rings is 15. The van der Waals surface area contributed by atoms with Gasteiger partial charge in [-0.15, -0.1) is 0 Å². The summed E-state index contributed by atoms with van der Waals surface area (Å²) in [5, 5.41) is 11.2. The van der Waals surface area contributed by atoms with Crippen molar-refractivity contribution in [3.05, 3.63) is 358 Å². The number of hydrogen-bond donors (Lipinski definition) is 0. The summed E-state index contributed by atoms with van der Waals surface area (Å²) in [4.78, 5) is 15.6. The van der Waals surface area contributed by atoms with Crippen LogP contribution in [-0.4, -0.2) is 28.2 Å². The maximum atomic E-state index is 5.21. The van der Waals surface area contributed by atoms with Crippen LogP contribution in [0.2, 0.25) is 0 Å². The summed E-state index contributed by atoms with van der Waals surface area (Å²) in [7, 11) is 0. The molecule has 27 rings (SSSR count). The fraction of sp³-hybridized carbons (Fsp3) is 0.279. The number of para-hydroxylation sites is 3. The number of aromatic nitrogens is 6. The standard InChI is InChI=1S/3C33H20N2.15C2H6/c1-2-8-23-19(7-1)13-20-16-28-21(15-27(20)23)14-22-17-30-32(18-29(22)28)35-31-12-6-5-10-25(31)24-9-3-4-11-26(24)33(35)34-30;1-2-8-23-19(7-1)13-20-14-21-15-22-16-30-32(18-29(22)28(21)17-27(20)23)35-31-12-6-5-10-25(31)24-9-3-4-11-26(24)33(35)34-30;1-2-8-23-19(7-1)15-20-13-14-21-16-22-17-28-30(18-27(22)32(21)31(20)23)35-29-12-6-5-10-25(29)24-9-3-4-11-26(24)33(35)34-28;15*1-2/h1-12,15-18H,13-14H2;1-12,14,16-18H,13,15H2;1-14,17-18H,15-16H2;15*1-2H3. The third kappa shape index (κ3) is 18.6. The van der Waals surface area contributed by atoms with E-state index in [2.05, 4.69) is 304 Å². The molecule has 0 amide bonds. The lowest BCUT2D eigenvalue weighted by atomic mass is 9.93. The molecule has 0 spiro atoms. The van der Waals surface area contributed by atoms with Crippen LogP contribution in [0.4, 0.5) is 0 Å². The molecule has 6 aliphatic rings. The molecule has 696 valence electrons. The molecule has 15 aromatic carbocycles. The van der Waals surface area contributed by atoms with Gasteiger partial charge in [0.2, 0.25) is 0 Å².